The lowest BCUT2D eigenvalue weighted by Crippen LogP contribution is -2.39. The minimum absolute atomic E-state index is 0.0666. The van der Waals surface area contributed by atoms with Crippen molar-refractivity contribution in [3.05, 3.63) is 77.6 Å². The molecule has 1 amide bonds. The van der Waals surface area contributed by atoms with Crippen LogP contribution in [0.5, 0.6) is 0 Å². The number of hydrazine groups is 1. The molecule has 0 aromatic heterocycles. The van der Waals surface area contributed by atoms with Crippen molar-refractivity contribution in [2.45, 2.75) is 13.0 Å². The number of amides is 1. The van der Waals surface area contributed by atoms with E-state index in [1.54, 1.807) is 6.07 Å². The monoisotopic (exact) mass is 353 g/mol. The molecule has 1 saturated heterocycles. The molecule has 2 N–H and O–H groups in total. The van der Waals surface area contributed by atoms with Crippen LogP contribution in [0, 0.1) is 11.7 Å². The van der Waals surface area contributed by atoms with Gasteiger partial charge in [0.2, 0.25) is 5.91 Å². The van der Waals surface area contributed by atoms with E-state index in [1.165, 1.54) is 12.1 Å². The summed E-state index contributed by atoms with van der Waals surface area (Å²) in [7, 11) is 0. The Hall–Kier alpha value is -2.50. The zero-order chi connectivity index (χ0) is 18.4. The van der Waals surface area contributed by atoms with E-state index in [9.17, 15) is 9.18 Å². The molecule has 4 nitrogen and oxygen atoms in total. The van der Waals surface area contributed by atoms with Gasteiger partial charge in [-0.2, -0.15) is 0 Å². The van der Waals surface area contributed by atoms with Gasteiger partial charge in [0.25, 0.3) is 0 Å². The standard InChI is InChI=1S/C21H24FN3O/c1-2-25(13-7-10-16-8-4-3-5-9-16)21(26)19-15-23-24-20(19)17-11-6-12-18(22)14-17/h3-12,14,19-20,23-24H,2,13,15H2,1H3/b10-7+. The molecule has 136 valence electrons. The molecule has 0 aliphatic carbocycles. The Morgan fingerprint density at radius 1 is 1.23 bits per heavy atom. The molecular formula is C21H24FN3O. The van der Waals surface area contributed by atoms with Crippen LogP contribution in [0.1, 0.15) is 24.1 Å². The lowest BCUT2D eigenvalue weighted by Gasteiger charge is -2.26. The smallest absolute Gasteiger partial charge is 0.229 e. The maximum Gasteiger partial charge on any atom is 0.229 e. The number of nitrogens with zero attached hydrogens (tertiary/aromatic N) is 1. The third-order valence-corrected chi connectivity index (χ3v) is 4.64. The number of carbonyl (C=O) groups is 1. The molecule has 2 unspecified atom stereocenters. The first-order valence-electron chi connectivity index (χ1n) is 8.93. The number of carbonyl (C=O) groups excluding carboxylic acids is 1. The fraction of sp³-hybridized carbons (Fsp3) is 0.286. The summed E-state index contributed by atoms with van der Waals surface area (Å²) in [5.41, 5.74) is 8.04. The summed E-state index contributed by atoms with van der Waals surface area (Å²) in [6.07, 6.45) is 4.02. The minimum Gasteiger partial charge on any atom is -0.339 e. The van der Waals surface area contributed by atoms with Crippen LogP contribution in [0.2, 0.25) is 0 Å². The summed E-state index contributed by atoms with van der Waals surface area (Å²) in [4.78, 5) is 14.8. The predicted octanol–water partition coefficient (Wildman–Crippen LogP) is 3.15. The summed E-state index contributed by atoms with van der Waals surface area (Å²) < 4.78 is 13.5. The van der Waals surface area contributed by atoms with Gasteiger partial charge in [-0.1, -0.05) is 54.6 Å². The third-order valence-electron chi connectivity index (χ3n) is 4.64. The molecule has 5 heteroatoms. The molecule has 0 spiro atoms. The van der Waals surface area contributed by atoms with Crippen LogP contribution in [-0.2, 0) is 4.79 Å². The van der Waals surface area contributed by atoms with E-state index >= 15 is 0 Å². The van der Waals surface area contributed by atoms with Crippen molar-refractivity contribution < 1.29 is 9.18 Å². The number of benzene rings is 2. The van der Waals surface area contributed by atoms with Crippen LogP contribution in [0.3, 0.4) is 0 Å². The minimum atomic E-state index is -0.291. The van der Waals surface area contributed by atoms with E-state index in [4.69, 9.17) is 0 Å². The molecule has 0 bridgehead atoms. The molecule has 0 radical (unpaired) electrons. The Morgan fingerprint density at radius 3 is 2.77 bits per heavy atom. The Labute approximate surface area is 153 Å². The lowest BCUT2D eigenvalue weighted by molar-refractivity contribution is -0.134. The van der Waals surface area contributed by atoms with Crippen molar-refractivity contribution in [2.24, 2.45) is 5.92 Å². The van der Waals surface area contributed by atoms with Crippen molar-refractivity contribution in [2.75, 3.05) is 19.6 Å². The number of rotatable bonds is 6. The summed E-state index contributed by atoms with van der Waals surface area (Å²) in [5, 5.41) is 0. The lowest BCUT2D eigenvalue weighted by atomic mass is 9.93. The molecule has 2 aromatic carbocycles. The first kappa shape index (κ1) is 18.3. The number of hydrogen-bond donors (Lipinski definition) is 2. The van der Waals surface area contributed by atoms with Gasteiger partial charge in [-0.25, -0.2) is 9.82 Å². The van der Waals surface area contributed by atoms with E-state index in [1.807, 2.05) is 60.4 Å². The fourth-order valence-corrected chi connectivity index (χ4v) is 3.23. The highest BCUT2D eigenvalue weighted by atomic mass is 19.1. The Bertz CT molecular complexity index is 763. The van der Waals surface area contributed by atoms with Crippen molar-refractivity contribution >= 4 is 12.0 Å². The SMILES string of the molecule is CCN(C/C=C/c1ccccc1)C(=O)C1CNNC1c1cccc(F)c1. The Balaban J connectivity index is 1.68. The second kappa shape index (κ2) is 8.74. The largest absolute Gasteiger partial charge is 0.339 e. The summed E-state index contributed by atoms with van der Waals surface area (Å²) in [6.45, 7) is 3.68. The van der Waals surface area contributed by atoms with E-state index in [-0.39, 0.29) is 23.7 Å². The molecule has 3 rings (SSSR count). The van der Waals surface area contributed by atoms with Gasteiger partial charge >= 0.3 is 0 Å². The number of likely N-dealkylation sites (N-methyl/N-ethyl adjacent to an activating group) is 1. The Kier molecular flexibility index (Phi) is 6.15. The van der Waals surface area contributed by atoms with E-state index < -0.39 is 0 Å². The molecule has 1 aliphatic heterocycles. The zero-order valence-corrected chi connectivity index (χ0v) is 14.9. The number of nitrogens with one attached hydrogen (secondary N) is 2. The van der Waals surface area contributed by atoms with Crippen LogP contribution in [0.4, 0.5) is 4.39 Å². The average molecular weight is 353 g/mol. The summed E-state index contributed by atoms with van der Waals surface area (Å²) in [5.74, 6) is -0.487. The third kappa shape index (κ3) is 4.36. The maximum absolute atomic E-state index is 13.5. The van der Waals surface area contributed by atoms with Crippen LogP contribution < -0.4 is 10.9 Å². The van der Waals surface area contributed by atoms with Gasteiger partial charge in [-0.05, 0) is 30.2 Å². The average Bonchev–Trinajstić information content (AvgIpc) is 3.15. The quantitative estimate of drug-likeness (QED) is 0.838. The number of halogens is 1. The zero-order valence-electron chi connectivity index (χ0n) is 14.9. The highest BCUT2D eigenvalue weighted by molar-refractivity contribution is 5.80. The van der Waals surface area contributed by atoms with Gasteiger partial charge in [0.05, 0.1) is 12.0 Å². The van der Waals surface area contributed by atoms with E-state index in [0.717, 1.165) is 11.1 Å². The van der Waals surface area contributed by atoms with Crippen molar-refractivity contribution in [1.82, 2.24) is 15.8 Å². The van der Waals surface area contributed by atoms with Gasteiger partial charge in [-0.15, -0.1) is 0 Å². The van der Waals surface area contributed by atoms with Gasteiger partial charge in [-0.3, -0.25) is 10.2 Å². The molecule has 1 fully saturated rings. The molecule has 0 saturated carbocycles. The molecule has 2 atom stereocenters. The van der Waals surface area contributed by atoms with Crippen molar-refractivity contribution in [3.8, 4) is 0 Å². The van der Waals surface area contributed by atoms with Gasteiger partial charge < -0.3 is 4.90 Å². The molecule has 1 aliphatic rings. The maximum atomic E-state index is 13.5. The van der Waals surface area contributed by atoms with E-state index in [2.05, 4.69) is 10.9 Å². The summed E-state index contributed by atoms with van der Waals surface area (Å²) >= 11 is 0. The summed E-state index contributed by atoms with van der Waals surface area (Å²) in [6, 6.07) is 16.2. The molecule has 2 aromatic rings. The number of hydrogen-bond acceptors (Lipinski definition) is 3. The predicted molar refractivity (Wildman–Crippen MR) is 101 cm³/mol. The molecule has 26 heavy (non-hydrogen) atoms. The van der Waals surface area contributed by atoms with Crippen LogP contribution in [0.25, 0.3) is 6.08 Å². The van der Waals surface area contributed by atoms with Crippen LogP contribution in [-0.4, -0.2) is 30.4 Å². The second-order valence-corrected chi connectivity index (χ2v) is 6.35. The van der Waals surface area contributed by atoms with Crippen LogP contribution in [0.15, 0.2) is 60.7 Å². The van der Waals surface area contributed by atoms with Gasteiger partial charge in [0.1, 0.15) is 5.82 Å². The fourth-order valence-electron chi connectivity index (χ4n) is 3.23. The second-order valence-electron chi connectivity index (χ2n) is 6.35. The van der Waals surface area contributed by atoms with Crippen molar-refractivity contribution in [3.63, 3.8) is 0 Å². The highest BCUT2D eigenvalue weighted by Gasteiger charge is 2.36. The first-order valence-corrected chi connectivity index (χ1v) is 8.93. The Morgan fingerprint density at radius 2 is 2.04 bits per heavy atom. The van der Waals surface area contributed by atoms with Crippen LogP contribution >= 0.6 is 0 Å². The van der Waals surface area contributed by atoms with Crippen molar-refractivity contribution in [1.29, 1.82) is 0 Å². The van der Waals surface area contributed by atoms with Gasteiger partial charge in [0, 0.05) is 19.6 Å². The highest BCUT2D eigenvalue weighted by Crippen LogP contribution is 2.27. The van der Waals surface area contributed by atoms with Gasteiger partial charge in [0.15, 0.2) is 0 Å². The molecular weight excluding hydrogens is 329 g/mol. The molecule has 1 heterocycles. The normalized spacial score (nSPS) is 19.8. The first-order chi connectivity index (χ1) is 12.7. The van der Waals surface area contributed by atoms with E-state index in [0.29, 0.717) is 19.6 Å². The topological polar surface area (TPSA) is 44.4 Å².